The number of nitrogens with zero attached hydrogens (tertiary/aromatic N) is 3. The maximum atomic E-state index is 5.72. The number of rotatable bonds is 7. The van der Waals surface area contributed by atoms with Crippen LogP contribution in [0.25, 0.3) is 11.3 Å². The number of nitrogen functional groups attached to an aromatic ring is 1. The Balaban J connectivity index is 1.92. The summed E-state index contributed by atoms with van der Waals surface area (Å²) in [6, 6.07) is 3.79. The highest BCUT2D eigenvalue weighted by molar-refractivity contribution is 5.61. The molecule has 0 bridgehead atoms. The first kappa shape index (κ1) is 14.5. The van der Waals surface area contributed by atoms with Crippen molar-refractivity contribution in [1.29, 1.82) is 0 Å². The quantitative estimate of drug-likeness (QED) is 0.788. The second-order valence-corrected chi connectivity index (χ2v) is 5.24. The number of nitrogens with two attached hydrogens (primary N) is 1. The SMILES string of the molecule is CC(C)CCOCCn1cncc1-c1ccnc(N)c1. The molecule has 108 valence electrons. The van der Waals surface area contributed by atoms with Crippen LogP contribution in [0.3, 0.4) is 0 Å². The van der Waals surface area contributed by atoms with Gasteiger partial charge in [0.1, 0.15) is 5.82 Å². The minimum absolute atomic E-state index is 0.517. The zero-order chi connectivity index (χ0) is 14.4. The zero-order valence-electron chi connectivity index (χ0n) is 12.1. The number of imidazole rings is 1. The van der Waals surface area contributed by atoms with E-state index in [1.807, 2.05) is 24.7 Å². The molecule has 0 aliphatic carbocycles. The molecule has 2 N–H and O–H groups in total. The van der Waals surface area contributed by atoms with Gasteiger partial charge in [0.05, 0.1) is 24.8 Å². The van der Waals surface area contributed by atoms with Crippen molar-refractivity contribution in [3.63, 3.8) is 0 Å². The van der Waals surface area contributed by atoms with E-state index in [-0.39, 0.29) is 0 Å². The molecular formula is C15H22N4O. The molecule has 0 atom stereocenters. The monoisotopic (exact) mass is 274 g/mol. The van der Waals surface area contributed by atoms with Crippen molar-refractivity contribution in [3.8, 4) is 11.3 Å². The Kier molecular flexibility index (Phi) is 5.12. The number of hydrogen-bond donors (Lipinski definition) is 1. The summed E-state index contributed by atoms with van der Waals surface area (Å²) >= 11 is 0. The normalized spacial score (nSPS) is 11.2. The summed E-state index contributed by atoms with van der Waals surface area (Å²) in [5.74, 6) is 1.20. The van der Waals surface area contributed by atoms with Crippen molar-refractivity contribution in [2.45, 2.75) is 26.8 Å². The van der Waals surface area contributed by atoms with Crippen LogP contribution in [0, 0.1) is 5.92 Å². The predicted octanol–water partition coefficient (Wildman–Crippen LogP) is 2.59. The van der Waals surface area contributed by atoms with Gasteiger partial charge in [0.2, 0.25) is 0 Å². The highest BCUT2D eigenvalue weighted by Gasteiger charge is 2.05. The van der Waals surface area contributed by atoms with Gasteiger partial charge in [-0.05, 0) is 24.5 Å². The maximum absolute atomic E-state index is 5.72. The molecule has 0 aliphatic heterocycles. The van der Waals surface area contributed by atoms with E-state index in [0.29, 0.717) is 18.3 Å². The van der Waals surface area contributed by atoms with Crippen LogP contribution < -0.4 is 5.73 Å². The second-order valence-electron chi connectivity index (χ2n) is 5.24. The van der Waals surface area contributed by atoms with Crippen LogP contribution in [-0.4, -0.2) is 27.7 Å². The molecular weight excluding hydrogens is 252 g/mol. The smallest absolute Gasteiger partial charge is 0.123 e. The molecule has 20 heavy (non-hydrogen) atoms. The molecule has 0 fully saturated rings. The minimum Gasteiger partial charge on any atom is -0.384 e. The van der Waals surface area contributed by atoms with E-state index in [0.717, 1.165) is 30.8 Å². The van der Waals surface area contributed by atoms with Gasteiger partial charge < -0.3 is 15.0 Å². The topological polar surface area (TPSA) is 66.0 Å². The fraction of sp³-hybridized carbons (Fsp3) is 0.467. The molecule has 0 radical (unpaired) electrons. The molecule has 0 spiro atoms. The summed E-state index contributed by atoms with van der Waals surface area (Å²) in [4.78, 5) is 8.21. The van der Waals surface area contributed by atoms with Gasteiger partial charge in [-0.1, -0.05) is 13.8 Å². The molecule has 0 aromatic carbocycles. The molecule has 0 saturated carbocycles. The molecule has 0 unspecified atom stereocenters. The third-order valence-electron chi connectivity index (χ3n) is 3.11. The largest absolute Gasteiger partial charge is 0.384 e. The van der Waals surface area contributed by atoms with Gasteiger partial charge in [-0.2, -0.15) is 0 Å². The molecule has 5 heteroatoms. The van der Waals surface area contributed by atoms with Crippen molar-refractivity contribution < 1.29 is 4.74 Å². The standard InChI is InChI=1S/C15H22N4O/c1-12(2)4-7-20-8-6-19-11-17-10-14(19)13-3-5-18-15(16)9-13/h3,5,9-12H,4,6-8H2,1-2H3,(H2,16,18). The van der Waals surface area contributed by atoms with Crippen LogP contribution in [0.4, 0.5) is 5.82 Å². The van der Waals surface area contributed by atoms with Crippen LogP contribution in [0.15, 0.2) is 30.9 Å². The maximum Gasteiger partial charge on any atom is 0.123 e. The number of aromatic nitrogens is 3. The molecule has 5 nitrogen and oxygen atoms in total. The fourth-order valence-corrected chi connectivity index (χ4v) is 1.93. The van der Waals surface area contributed by atoms with Crippen LogP contribution >= 0.6 is 0 Å². The lowest BCUT2D eigenvalue weighted by molar-refractivity contribution is 0.116. The Labute approximate surface area is 119 Å². The van der Waals surface area contributed by atoms with E-state index in [4.69, 9.17) is 10.5 Å². The van der Waals surface area contributed by atoms with Crippen LogP contribution in [0.5, 0.6) is 0 Å². The summed E-state index contributed by atoms with van der Waals surface area (Å²) in [5.41, 5.74) is 7.78. The van der Waals surface area contributed by atoms with Crippen LogP contribution in [0.2, 0.25) is 0 Å². The lowest BCUT2D eigenvalue weighted by Gasteiger charge is -2.10. The Hall–Kier alpha value is -1.88. The first-order valence-electron chi connectivity index (χ1n) is 6.96. The van der Waals surface area contributed by atoms with Gasteiger partial charge in [-0.25, -0.2) is 9.97 Å². The van der Waals surface area contributed by atoms with Crippen molar-refractivity contribution in [2.24, 2.45) is 5.92 Å². The Morgan fingerprint density at radius 1 is 1.35 bits per heavy atom. The van der Waals surface area contributed by atoms with Crippen molar-refractivity contribution in [3.05, 3.63) is 30.9 Å². The average molecular weight is 274 g/mol. The van der Waals surface area contributed by atoms with Gasteiger partial charge in [0.15, 0.2) is 0 Å². The molecule has 0 aliphatic rings. The van der Waals surface area contributed by atoms with E-state index in [1.165, 1.54) is 0 Å². The lowest BCUT2D eigenvalue weighted by Crippen LogP contribution is -2.08. The summed E-state index contributed by atoms with van der Waals surface area (Å²) < 4.78 is 7.72. The molecule has 0 saturated heterocycles. The fourth-order valence-electron chi connectivity index (χ4n) is 1.93. The number of anilines is 1. The van der Waals surface area contributed by atoms with Gasteiger partial charge in [0.25, 0.3) is 0 Å². The Bertz CT molecular complexity index is 536. The van der Waals surface area contributed by atoms with E-state index in [1.54, 1.807) is 6.20 Å². The van der Waals surface area contributed by atoms with E-state index in [2.05, 4.69) is 28.4 Å². The number of ether oxygens (including phenoxy) is 1. The molecule has 2 heterocycles. The number of pyridine rings is 1. The van der Waals surface area contributed by atoms with Crippen LogP contribution in [0.1, 0.15) is 20.3 Å². The summed E-state index contributed by atoms with van der Waals surface area (Å²) in [6.07, 6.45) is 6.46. The third kappa shape index (κ3) is 4.06. The Morgan fingerprint density at radius 3 is 2.95 bits per heavy atom. The lowest BCUT2D eigenvalue weighted by atomic mass is 10.1. The van der Waals surface area contributed by atoms with Crippen LogP contribution in [-0.2, 0) is 11.3 Å². The van der Waals surface area contributed by atoms with Gasteiger partial charge in [0, 0.05) is 24.9 Å². The van der Waals surface area contributed by atoms with Crippen molar-refractivity contribution in [2.75, 3.05) is 18.9 Å². The minimum atomic E-state index is 0.517. The Morgan fingerprint density at radius 2 is 2.20 bits per heavy atom. The van der Waals surface area contributed by atoms with Gasteiger partial charge in [-0.3, -0.25) is 0 Å². The van der Waals surface area contributed by atoms with Crippen molar-refractivity contribution >= 4 is 5.82 Å². The van der Waals surface area contributed by atoms with Gasteiger partial charge in [-0.15, -0.1) is 0 Å². The third-order valence-corrected chi connectivity index (χ3v) is 3.11. The van der Waals surface area contributed by atoms with Gasteiger partial charge >= 0.3 is 0 Å². The van der Waals surface area contributed by atoms with E-state index < -0.39 is 0 Å². The molecule has 0 amide bonds. The summed E-state index contributed by atoms with van der Waals surface area (Å²) in [6.45, 7) is 6.69. The highest BCUT2D eigenvalue weighted by Crippen LogP contribution is 2.19. The number of hydrogen-bond acceptors (Lipinski definition) is 4. The first-order valence-corrected chi connectivity index (χ1v) is 6.96. The predicted molar refractivity (Wildman–Crippen MR) is 80.1 cm³/mol. The van der Waals surface area contributed by atoms with E-state index >= 15 is 0 Å². The molecule has 2 aromatic rings. The molecule has 2 rings (SSSR count). The van der Waals surface area contributed by atoms with E-state index in [9.17, 15) is 0 Å². The van der Waals surface area contributed by atoms with Crippen molar-refractivity contribution in [1.82, 2.24) is 14.5 Å². The summed E-state index contributed by atoms with van der Waals surface area (Å²) in [5, 5.41) is 0. The zero-order valence-corrected chi connectivity index (χ0v) is 12.1. The first-order chi connectivity index (χ1) is 9.66. The second kappa shape index (κ2) is 7.05. The highest BCUT2D eigenvalue weighted by atomic mass is 16.5. The summed E-state index contributed by atoms with van der Waals surface area (Å²) in [7, 11) is 0. The molecule has 2 aromatic heterocycles. The average Bonchev–Trinajstić information content (AvgIpc) is 2.86.